The van der Waals surface area contributed by atoms with Crippen LogP contribution in [0.2, 0.25) is 0 Å². The molecule has 2 aromatic rings. The van der Waals surface area contributed by atoms with Crippen LogP contribution >= 0.6 is 0 Å². The minimum absolute atomic E-state index is 0.0904. The molecule has 0 amide bonds. The van der Waals surface area contributed by atoms with Gasteiger partial charge >= 0.3 is 0 Å². The van der Waals surface area contributed by atoms with Gasteiger partial charge < -0.3 is 5.73 Å². The lowest BCUT2D eigenvalue weighted by Gasteiger charge is -1.95. The van der Waals surface area contributed by atoms with Gasteiger partial charge in [-0.2, -0.15) is 0 Å². The molecule has 5 nitrogen and oxygen atoms in total. The largest absolute Gasteiger partial charge is 0.325 e. The summed E-state index contributed by atoms with van der Waals surface area (Å²) < 4.78 is 1.48. The molecule has 0 saturated heterocycles. The molecule has 15 heavy (non-hydrogen) atoms. The number of aromatic nitrogens is 3. The maximum atomic E-state index is 11.7. The van der Waals surface area contributed by atoms with Gasteiger partial charge in [0.05, 0.1) is 5.69 Å². The Morgan fingerprint density at radius 3 is 3.00 bits per heavy atom. The summed E-state index contributed by atoms with van der Waals surface area (Å²) in [7, 11) is 0. The number of nitrogens with zero attached hydrogens (tertiary/aromatic N) is 2. The van der Waals surface area contributed by atoms with E-state index in [1.165, 1.54) is 23.4 Å². The van der Waals surface area contributed by atoms with E-state index in [1.807, 2.05) is 6.07 Å². The zero-order chi connectivity index (χ0) is 10.4. The average Bonchev–Trinajstić information content (AvgIpc) is 2.98. The molecule has 0 bridgehead atoms. The van der Waals surface area contributed by atoms with E-state index in [2.05, 4.69) is 10.1 Å². The second-order valence-corrected chi connectivity index (χ2v) is 3.97. The maximum absolute atomic E-state index is 11.7. The highest BCUT2D eigenvalue weighted by Gasteiger charge is 2.25. The molecule has 1 saturated carbocycles. The Balaban J connectivity index is 2.24. The van der Waals surface area contributed by atoms with Crippen molar-refractivity contribution in [3.8, 4) is 0 Å². The van der Waals surface area contributed by atoms with Crippen molar-refractivity contribution >= 4 is 5.65 Å². The van der Waals surface area contributed by atoms with Crippen molar-refractivity contribution in [2.45, 2.75) is 25.3 Å². The third-order valence-corrected chi connectivity index (χ3v) is 2.75. The molecule has 2 heterocycles. The standard InChI is InChI=1S/C10H12N4O/c11-5-7-3-10(15)14-9(12-7)4-8(13-14)6-1-2-6/h3-4,6,13H,1-2,5,11H2. The Hall–Kier alpha value is -1.62. The van der Waals surface area contributed by atoms with E-state index in [0.29, 0.717) is 23.8 Å². The minimum Gasteiger partial charge on any atom is -0.325 e. The van der Waals surface area contributed by atoms with Gasteiger partial charge in [0.1, 0.15) is 0 Å². The van der Waals surface area contributed by atoms with Crippen molar-refractivity contribution in [1.29, 1.82) is 0 Å². The molecule has 3 rings (SSSR count). The Morgan fingerprint density at radius 1 is 1.53 bits per heavy atom. The van der Waals surface area contributed by atoms with Gasteiger partial charge in [-0.1, -0.05) is 0 Å². The number of rotatable bonds is 2. The average molecular weight is 204 g/mol. The molecule has 1 aliphatic carbocycles. The van der Waals surface area contributed by atoms with Gasteiger partial charge in [0.25, 0.3) is 5.56 Å². The predicted molar refractivity (Wildman–Crippen MR) is 55.7 cm³/mol. The number of aromatic amines is 1. The van der Waals surface area contributed by atoms with Crippen molar-refractivity contribution in [2.24, 2.45) is 5.73 Å². The summed E-state index contributed by atoms with van der Waals surface area (Å²) in [6, 6.07) is 3.42. The Morgan fingerprint density at radius 2 is 2.33 bits per heavy atom. The Kier molecular flexibility index (Phi) is 1.70. The van der Waals surface area contributed by atoms with E-state index in [4.69, 9.17) is 5.73 Å². The van der Waals surface area contributed by atoms with Crippen molar-refractivity contribution in [3.05, 3.63) is 33.9 Å². The summed E-state index contributed by atoms with van der Waals surface area (Å²) in [5.74, 6) is 0.590. The highest BCUT2D eigenvalue weighted by molar-refractivity contribution is 5.41. The zero-order valence-electron chi connectivity index (χ0n) is 8.23. The first-order chi connectivity index (χ1) is 7.28. The predicted octanol–water partition coefficient (Wildman–Crippen LogP) is 0.359. The Bertz CT molecular complexity index is 564. The van der Waals surface area contributed by atoms with Crippen LogP contribution in [0.3, 0.4) is 0 Å². The molecular weight excluding hydrogens is 192 g/mol. The summed E-state index contributed by atoms with van der Waals surface area (Å²) in [5.41, 5.74) is 7.79. The normalized spacial score (nSPS) is 16.1. The fraction of sp³-hybridized carbons (Fsp3) is 0.400. The molecule has 1 fully saturated rings. The highest BCUT2D eigenvalue weighted by Crippen LogP contribution is 2.39. The molecule has 1 aliphatic rings. The van der Waals surface area contributed by atoms with Crippen LogP contribution in [0.25, 0.3) is 5.65 Å². The van der Waals surface area contributed by atoms with E-state index >= 15 is 0 Å². The minimum atomic E-state index is -0.0904. The number of nitrogens with two attached hydrogens (primary N) is 1. The molecule has 2 aromatic heterocycles. The molecule has 0 aliphatic heterocycles. The molecule has 3 N–H and O–H groups in total. The Labute approximate surface area is 85.9 Å². The van der Waals surface area contributed by atoms with Crippen LogP contribution in [0, 0.1) is 0 Å². The smallest absolute Gasteiger partial charge is 0.272 e. The van der Waals surface area contributed by atoms with Gasteiger partial charge in [0.15, 0.2) is 5.65 Å². The van der Waals surface area contributed by atoms with E-state index in [0.717, 1.165) is 5.69 Å². The van der Waals surface area contributed by atoms with Crippen LogP contribution in [-0.2, 0) is 6.54 Å². The van der Waals surface area contributed by atoms with E-state index in [1.54, 1.807) is 0 Å². The van der Waals surface area contributed by atoms with E-state index in [9.17, 15) is 4.79 Å². The quantitative estimate of drug-likeness (QED) is 0.741. The number of nitrogens with one attached hydrogen (secondary N) is 1. The summed E-state index contributed by atoms with van der Waals surface area (Å²) in [6.07, 6.45) is 2.40. The van der Waals surface area contributed by atoms with Crippen molar-refractivity contribution in [1.82, 2.24) is 14.6 Å². The fourth-order valence-electron chi connectivity index (χ4n) is 1.77. The number of H-pyrrole nitrogens is 1. The van der Waals surface area contributed by atoms with Gasteiger partial charge in [-0.25, -0.2) is 9.50 Å². The lowest BCUT2D eigenvalue weighted by molar-refractivity contribution is 0.838. The molecule has 0 aromatic carbocycles. The molecule has 5 heteroatoms. The summed E-state index contributed by atoms with van der Waals surface area (Å²) in [5, 5.41) is 3.08. The SMILES string of the molecule is NCc1cc(=O)n2[nH]c(C3CC3)cc2n1. The lowest BCUT2D eigenvalue weighted by Crippen LogP contribution is -2.16. The molecule has 0 radical (unpaired) electrons. The van der Waals surface area contributed by atoms with Crippen LogP contribution in [0.15, 0.2) is 16.9 Å². The number of hydrogen-bond acceptors (Lipinski definition) is 3. The molecule has 0 spiro atoms. The van der Waals surface area contributed by atoms with Gasteiger partial charge in [0, 0.05) is 30.3 Å². The highest BCUT2D eigenvalue weighted by atomic mass is 16.1. The van der Waals surface area contributed by atoms with Crippen molar-refractivity contribution in [2.75, 3.05) is 0 Å². The second-order valence-electron chi connectivity index (χ2n) is 3.97. The number of fused-ring (bicyclic) bond motifs is 1. The topological polar surface area (TPSA) is 76.2 Å². The van der Waals surface area contributed by atoms with E-state index < -0.39 is 0 Å². The molecule has 78 valence electrons. The first-order valence-corrected chi connectivity index (χ1v) is 5.09. The second kappa shape index (κ2) is 2.93. The van der Waals surface area contributed by atoms with Crippen molar-refractivity contribution in [3.63, 3.8) is 0 Å². The summed E-state index contributed by atoms with van der Waals surface area (Å²) >= 11 is 0. The lowest BCUT2D eigenvalue weighted by atomic mass is 10.3. The van der Waals surface area contributed by atoms with Gasteiger partial charge in [-0.3, -0.25) is 9.89 Å². The van der Waals surface area contributed by atoms with Crippen LogP contribution in [0.1, 0.15) is 30.1 Å². The third-order valence-electron chi connectivity index (χ3n) is 2.75. The first kappa shape index (κ1) is 8.67. The van der Waals surface area contributed by atoms with Crippen LogP contribution in [0.4, 0.5) is 0 Å². The zero-order valence-corrected chi connectivity index (χ0v) is 8.23. The maximum Gasteiger partial charge on any atom is 0.272 e. The summed E-state index contributed by atoms with van der Waals surface area (Å²) in [6.45, 7) is 0.301. The number of hydrogen-bond donors (Lipinski definition) is 2. The van der Waals surface area contributed by atoms with Crippen LogP contribution in [-0.4, -0.2) is 14.6 Å². The van der Waals surface area contributed by atoms with Gasteiger partial charge in [-0.05, 0) is 12.8 Å². The molecule has 0 unspecified atom stereocenters. The first-order valence-electron chi connectivity index (χ1n) is 5.09. The van der Waals surface area contributed by atoms with Gasteiger partial charge in [0.2, 0.25) is 0 Å². The van der Waals surface area contributed by atoms with Crippen LogP contribution < -0.4 is 11.3 Å². The molecule has 0 atom stereocenters. The van der Waals surface area contributed by atoms with E-state index in [-0.39, 0.29) is 5.56 Å². The monoisotopic (exact) mass is 204 g/mol. The molecular formula is C10H12N4O. The van der Waals surface area contributed by atoms with Crippen molar-refractivity contribution < 1.29 is 0 Å². The van der Waals surface area contributed by atoms with Crippen LogP contribution in [0.5, 0.6) is 0 Å². The van der Waals surface area contributed by atoms with Gasteiger partial charge in [-0.15, -0.1) is 0 Å². The fourth-order valence-corrected chi connectivity index (χ4v) is 1.77. The summed E-state index contributed by atoms with van der Waals surface area (Å²) in [4.78, 5) is 15.9. The third kappa shape index (κ3) is 1.35.